The lowest BCUT2D eigenvalue weighted by molar-refractivity contribution is -0.121. The summed E-state index contributed by atoms with van der Waals surface area (Å²) in [6.45, 7) is 5.05. The fourth-order valence-electron chi connectivity index (χ4n) is 2.58. The van der Waals surface area contributed by atoms with Crippen LogP contribution in [0.3, 0.4) is 0 Å². The van der Waals surface area contributed by atoms with Crippen molar-refractivity contribution in [3.63, 3.8) is 0 Å². The van der Waals surface area contributed by atoms with Crippen molar-refractivity contribution < 1.29 is 9.90 Å². The van der Waals surface area contributed by atoms with Crippen molar-refractivity contribution in [1.29, 1.82) is 0 Å². The maximum absolute atomic E-state index is 11.7. The standard InChI is InChI=1S/C17H24ClN3O2/c18-15-4-3-5-16(14-15)21-11-9-20(10-12-21)8-6-17(23)19-7-1-2-13-22/h1-5,14,22H,6-13H2,(H,19,23)/b2-1+. The zero-order valence-corrected chi connectivity index (χ0v) is 14.0. The average Bonchev–Trinajstić information content (AvgIpc) is 2.57. The topological polar surface area (TPSA) is 55.8 Å². The minimum Gasteiger partial charge on any atom is -0.392 e. The lowest BCUT2D eigenvalue weighted by Crippen LogP contribution is -2.47. The molecule has 1 saturated heterocycles. The van der Waals surface area contributed by atoms with Crippen LogP contribution in [-0.2, 0) is 4.79 Å². The van der Waals surface area contributed by atoms with Gasteiger partial charge in [-0.05, 0) is 18.2 Å². The largest absolute Gasteiger partial charge is 0.392 e. The number of amides is 1. The molecule has 1 aromatic rings. The zero-order valence-electron chi connectivity index (χ0n) is 13.2. The molecule has 126 valence electrons. The lowest BCUT2D eigenvalue weighted by Gasteiger charge is -2.36. The molecule has 1 heterocycles. The minimum atomic E-state index is 0.00672. The molecular formula is C17H24ClN3O2. The van der Waals surface area contributed by atoms with E-state index in [2.05, 4.69) is 21.2 Å². The molecule has 6 heteroatoms. The Morgan fingerprint density at radius 2 is 2.04 bits per heavy atom. The molecular weight excluding hydrogens is 314 g/mol. The van der Waals surface area contributed by atoms with Gasteiger partial charge in [-0.1, -0.05) is 29.8 Å². The van der Waals surface area contributed by atoms with Crippen LogP contribution in [0.15, 0.2) is 36.4 Å². The minimum absolute atomic E-state index is 0.00672. The second-order valence-electron chi connectivity index (χ2n) is 5.52. The van der Waals surface area contributed by atoms with Gasteiger partial charge in [0.2, 0.25) is 5.91 Å². The van der Waals surface area contributed by atoms with Crippen molar-refractivity contribution in [1.82, 2.24) is 10.2 Å². The molecule has 2 rings (SSSR count). The number of hydrogen-bond donors (Lipinski definition) is 2. The van der Waals surface area contributed by atoms with Gasteiger partial charge in [-0.15, -0.1) is 0 Å². The van der Waals surface area contributed by atoms with E-state index < -0.39 is 0 Å². The SMILES string of the molecule is O=C(CCN1CCN(c2cccc(Cl)c2)CC1)NC/C=C/CO. The molecule has 1 fully saturated rings. The molecule has 1 aromatic carbocycles. The number of benzene rings is 1. The average molecular weight is 338 g/mol. The highest BCUT2D eigenvalue weighted by molar-refractivity contribution is 6.30. The Bertz CT molecular complexity index is 528. The van der Waals surface area contributed by atoms with Crippen LogP contribution in [0, 0.1) is 0 Å². The number of piperazine rings is 1. The normalized spacial score (nSPS) is 16.0. The van der Waals surface area contributed by atoms with Gasteiger partial charge < -0.3 is 15.3 Å². The molecule has 2 N–H and O–H groups in total. The van der Waals surface area contributed by atoms with E-state index in [0.29, 0.717) is 13.0 Å². The lowest BCUT2D eigenvalue weighted by atomic mass is 10.2. The van der Waals surface area contributed by atoms with Crippen LogP contribution in [0.25, 0.3) is 0 Å². The van der Waals surface area contributed by atoms with Crippen molar-refractivity contribution in [3.8, 4) is 0 Å². The highest BCUT2D eigenvalue weighted by Crippen LogP contribution is 2.20. The monoisotopic (exact) mass is 337 g/mol. The van der Waals surface area contributed by atoms with Crippen molar-refractivity contribution in [3.05, 3.63) is 41.4 Å². The number of anilines is 1. The van der Waals surface area contributed by atoms with E-state index in [-0.39, 0.29) is 12.5 Å². The van der Waals surface area contributed by atoms with E-state index in [1.807, 2.05) is 18.2 Å². The summed E-state index contributed by atoms with van der Waals surface area (Å²) in [5.41, 5.74) is 1.16. The first-order valence-electron chi connectivity index (χ1n) is 7.94. The van der Waals surface area contributed by atoms with E-state index in [1.165, 1.54) is 0 Å². The van der Waals surface area contributed by atoms with Crippen LogP contribution in [0.5, 0.6) is 0 Å². The molecule has 1 amide bonds. The van der Waals surface area contributed by atoms with Crippen LogP contribution < -0.4 is 10.2 Å². The molecule has 1 aliphatic rings. The number of carbonyl (C=O) groups is 1. The Hall–Kier alpha value is -1.56. The van der Waals surface area contributed by atoms with Crippen molar-refractivity contribution in [2.24, 2.45) is 0 Å². The van der Waals surface area contributed by atoms with Crippen LogP contribution >= 0.6 is 11.6 Å². The number of rotatable bonds is 7. The Morgan fingerprint density at radius 1 is 1.26 bits per heavy atom. The summed E-state index contributed by atoms with van der Waals surface area (Å²) in [5, 5.41) is 12.2. The van der Waals surface area contributed by atoms with Gasteiger partial charge in [0.1, 0.15) is 0 Å². The highest BCUT2D eigenvalue weighted by Gasteiger charge is 2.17. The number of aliphatic hydroxyl groups excluding tert-OH is 1. The Kier molecular flexibility index (Phi) is 7.39. The van der Waals surface area contributed by atoms with Gasteiger partial charge in [0.05, 0.1) is 6.61 Å². The van der Waals surface area contributed by atoms with Crippen molar-refractivity contribution in [2.45, 2.75) is 6.42 Å². The first-order chi connectivity index (χ1) is 11.2. The number of nitrogens with one attached hydrogen (secondary N) is 1. The summed E-state index contributed by atoms with van der Waals surface area (Å²) >= 11 is 6.04. The van der Waals surface area contributed by atoms with E-state index in [4.69, 9.17) is 16.7 Å². The third-order valence-corrected chi connectivity index (χ3v) is 4.12. The molecule has 0 unspecified atom stereocenters. The molecule has 5 nitrogen and oxygen atoms in total. The van der Waals surface area contributed by atoms with E-state index >= 15 is 0 Å². The molecule has 0 bridgehead atoms. The Labute approximate surface area is 142 Å². The zero-order chi connectivity index (χ0) is 16.5. The Balaban J connectivity index is 1.67. The fourth-order valence-corrected chi connectivity index (χ4v) is 2.77. The number of halogens is 1. The van der Waals surface area contributed by atoms with Crippen LogP contribution in [-0.4, -0.2) is 61.8 Å². The maximum Gasteiger partial charge on any atom is 0.221 e. The molecule has 0 aliphatic carbocycles. The van der Waals surface area contributed by atoms with Crippen LogP contribution in [0.4, 0.5) is 5.69 Å². The van der Waals surface area contributed by atoms with Gasteiger partial charge in [-0.3, -0.25) is 9.69 Å². The van der Waals surface area contributed by atoms with Crippen LogP contribution in [0.1, 0.15) is 6.42 Å². The van der Waals surface area contributed by atoms with Gasteiger partial charge in [0, 0.05) is 56.4 Å². The van der Waals surface area contributed by atoms with E-state index in [0.717, 1.165) is 43.4 Å². The van der Waals surface area contributed by atoms with Gasteiger partial charge in [-0.2, -0.15) is 0 Å². The number of aliphatic hydroxyl groups is 1. The summed E-state index contributed by atoms with van der Waals surface area (Å²) in [5.74, 6) is 0.0462. The molecule has 23 heavy (non-hydrogen) atoms. The first-order valence-corrected chi connectivity index (χ1v) is 8.32. The number of carbonyl (C=O) groups excluding carboxylic acids is 1. The smallest absolute Gasteiger partial charge is 0.221 e. The van der Waals surface area contributed by atoms with Gasteiger partial charge in [0.15, 0.2) is 0 Å². The summed E-state index contributed by atoms with van der Waals surface area (Å²) in [4.78, 5) is 16.3. The summed E-state index contributed by atoms with van der Waals surface area (Å²) in [7, 11) is 0. The van der Waals surface area contributed by atoms with Gasteiger partial charge in [0.25, 0.3) is 0 Å². The summed E-state index contributed by atoms with van der Waals surface area (Å²) in [6.07, 6.45) is 3.88. The van der Waals surface area contributed by atoms with E-state index in [9.17, 15) is 4.79 Å². The van der Waals surface area contributed by atoms with Crippen molar-refractivity contribution >= 4 is 23.2 Å². The second kappa shape index (κ2) is 9.55. The van der Waals surface area contributed by atoms with Crippen molar-refractivity contribution in [2.75, 3.05) is 50.8 Å². The fraction of sp³-hybridized carbons (Fsp3) is 0.471. The first kappa shape index (κ1) is 17.8. The summed E-state index contributed by atoms with van der Waals surface area (Å²) in [6, 6.07) is 7.93. The number of nitrogens with zero attached hydrogens (tertiary/aromatic N) is 2. The molecule has 0 atom stereocenters. The predicted octanol–water partition coefficient (Wildman–Crippen LogP) is 1.52. The van der Waals surface area contributed by atoms with Gasteiger partial charge >= 0.3 is 0 Å². The summed E-state index contributed by atoms with van der Waals surface area (Å²) < 4.78 is 0. The number of hydrogen-bond acceptors (Lipinski definition) is 4. The highest BCUT2D eigenvalue weighted by atomic mass is 35.5. The molecule has 0 spiro atoms. The Morgan fingerprint density at radius 3 is 2.74 bits per heavy atom. The predicted molar refractivity (Wildman–Crippen MR) is 94.0 cm³/mol. The molecule has 0 aromatic heterocycles. The third kappa shape index (κ3) is 6.22. The third-order valence-electron chi connectivity index (χ3n) is 3.89. The molecule has 1 aliphatic heterocycles. The van der Waals surface area contributed by atoms with Gasteiger partial charge in [-0.25, -0.2) is 0 Å². The van der Waals surface area contributed by atoms with Crippen LogP contribution in [0.2, 0.25) is 5.02 Å². The quantitative estimate of drug-likeness (QED) is 0.741. The molecule has 0 saturated carbocycles. The second-order valence-corrected chi connectivity index (χ2v) is 5.95. The maximum atomic E-state index is 11.7. The van der Waals surface area contributed by atoms with E-state index in [1.54, 1.807) is 12.2 Å². The molecule has 0 radical (unpaired) electrons.